The average Bonchev–Trinajstić information content (AvgIpc) is 2.53. The number of aromatic amines is 1. The molecule has 0 aliphatic heterocycles. The Morgan fingerprint density at radius 3 is 2.62 bits per heavy atom. The Kier molecular flexibility index (Phi) is 2.69. The van der Waals surface area contributed by atoms with Gasteiger partial charge in [0.1, 0.15) is 5.82 Å². The fraction of sp³-hybridized carbons (Fsp3) is 0.308. The van der Waals surface area contributed by atoms with Gasteiger partial charge >= 0.3 is 0 Å². The second-order valence-electron chi connectivity index (χ2n) is 4.28. The van der Waals surface area contributed by atoms with Crippen LogP contribution >= 0.6 is 0 Å². The van der Waals surface area contributed by atoms with Crippen molar-refractivity contribution in [3.05, 3.63) is 29.8 Å². The van der Waals surface area contributed by atoms with Crippen molar-refractivity contribution in [2.45, 2.75) is 26.8 Å². The highest BCUT2D eigenvalue weighted by Crippen LogP contribution is 2.26. The van der Waals surface area contributed by atoms with E-state index in [2.05, 4.69) is 24.1 Å². The molecule has 0 aliphatic carbocycles. The van der Waals surface area contributed by atoms with E-state index in [1.54, 1.807) is 6.92 Å². The van der Waals surface area contributed by atoms with Gasteiger partial charge in [-0.2, -0.15) is 0 Å². The number of hydrogen-bond donors (Lipinski definition) is 2. The van der Waals surface area contributed by atoms with E-state index in [4.69, 9.17) is 0 Å². The molecule has 0 amide bonds. The van der Waals surface area contributed by atoms with Gasteiger partial charge in [-0.25, -0.2) is 0 Å². The zero-order valence-corrected chi connectivity index (χ0v) is 9.79. The van der Waals surface area contributed by atoms with Gasteiger partial charge in [-0.15, -0.1) is 0 Å². The number of para-hydroxylation sites is 1. The highest BCUT2D eigenvalue weighted by molar-refractivity contribution is 6.11. The predicted molar refractivity (Wildman–Crippen MR) is 67.1 cm³/mol. The molecule has 0 fully saturated rings. The minimum atomic E-state index is 0.0839. The van der Waals surface area contributed by atoms with Crippen LogP contribution in [0.3, 0.4) is 0 Å². The van der Waals surface area contributed by atoms with E-state index >= 15 is 0 Å². The monoisotopic (exact) mass is 216 g/mol. The first-order valence-electron chi connectivity index (χ1n) is 5.47. The molecule has 16 heavy (non-hydrogen) atoms. The van der Waals surface area contributed by atoms with Crippen LogP contribution in [0.1, 0.15) is 31.1 Å². The number of carbonyl (C=O) groups excluding carboxylic acids is 1. The van der Waals surface area contributed by atoms with Crippen molar-refractivity contribution in [2.24, 2.45) is 0 Å². The summed E-state index contributed by atoms with van der Waals surface area (Å²) in [4.78, 5) is 14.9. The van der Waals surface area contributed by atoms with Gasteiger partial charge in [-0.3, -0.25) is 4.79 Å². The van der Waals surface area contributed by atoms with Crippen molar-refractivity contribution in [3.8, 4) is 0 Å². The average molecular weight is 216 g/mol. The lowest BCUT2D eigenvalue weighted by molar-refractivity contribution is 0.102. The van der Waals surface area contributed by atoms with E-state index in [1.807, 2.05) is 24.3 Å². The molecule has 3 nitrogen and oxygen atoms in total. The fourth-order valence-corrected chi connectivity index (χ4v) is 1.90. The number of rotatable bonds is 3. The Balaban J connectivity index is 2.63. The van der Waals surface area contributed by atoms with Gasteiger partial charge in [0, 0.05) is 16.9 Å². The van der Waals surface area contributed by atoms with E-state index < -0.39 is 0 Å². The zero-order valence-electron chi connectivity index (χ0n) is 9.79. The van der Waals surface area contributed by atoms with Gasteiger partial charge in [0.2, 0.25) is 0 Å². The van der Waals surface area contributed by atoms with Gasteiger partial charge in [-0.05, 0) is 26.8 Å². The second-order valence-corrected chi connectivity index (χ2v) is 4.28. The molecular formula is C13H16N2O. The number of Topliss-reactive ketones (excluding diaryl/α,β-unsaturated/α-hetero) is 1. The van der Waals surface area contributed by atoms with E-state index in [0.29, 0.717) is 6.04 Å². The molecular weight excluding hydrogens is 200 g/mol. The molecule has 2 aromatic rings. The van der Waals surface area contributed by atoms with Crippen LogP contribution in [0, 0.1) is 0 Å². The number of hydrogen-bond acceptors (Lipinski definition) is 2. The van der Waals surface area contributed by atoms with E-state index in [0.717, 1.165) is 22.3 Å². The summed E-state index contributed by atoms with van der Waals surface area (Å²) < 4.78 is 0. The maximum Gasteiger partial charge on any atom is 0.164 e. The molecule has 1 heterocycles. The van der Waals surface area contributed by atoms with Gasteiger partial charge in [-0.1, -0.05) is 18.2 Å². The SMILES string of the molecule is CC(=O)c1c(NC(C)C)[nH]c2ccccc12. The molecule has 3 heteroatoms. The van der Waals surface area contributed by atoms with Crippen molar-refractivity contribution in [3.63, 3.8) is 0 Å². The third kappa shape index (κ3) is 1.81. The maximum atomic E-state index is 11.7. The summed E-state index contributed by atoms with van der Waals surface area (Å²) in [5, 5.41) is 4.25. The standard InChI is InChI=1S/C13H16N2O/c1-8(2)14-13-12(9(3)16)10-6-4-5-7-11(10)15-13/h4-8,14-15H,1-3H3. The van der Waals surface area contributed by atoms with Crippen molar-refractivity contribution < 1.29 is 4.79 Å². The quantitative estimate of drug-likeness (QED) is 0.774. The number of benzene rings is 1. The molecule has 0 unspecified atom stereocenters. The Bertz CT molecular complexity index is 526. The van der Waals surface area contributed by atoms with Crippen LogP contribution in [0.2, 0.25) is 0 Å². The van der Waals surface area contributed by atoms with Crippen LogP contribution in [0.5, 0.6) is 0 Å². The van der Waals surface area contributed by atoms with Crippen molar-refractivity contribution in [1.82, 2.24) is 4.98 Å². The number of H-pyrrole nitrogens is 1. The second kappa shape index (κ2) is 4.00. The van der Waals surface area contributed by atoms with Crippen molar-refractivity contribution >= 4 is 22.5 Å². The first-order valence-corrected chi connectivity index (χ1v) is 5.47. The highest BCUT2D eigenvalue weighted by Gasteiger charge is 2.15. The van der Waals surface area contributed by atoms with Crippen LogP contribution < -0.4 is 5.32 Å². The molecule has 2 rings (SSSR count). The number of nitrogens with one attached hydrogen (secondary N) is 2. The van der Waals surface area contributed by atoms with Gasteiger partial charge in [0.05, 0.1) is 5.56 Å². The van der Waals surface area contributed by atoms with E-state index in [-0.39, 0.29) is 5.78 Å². The fourth-order valence-electron chi connectivity index (χ4n) is 1.90. The van der Waals surface area contributed by atoms with Crippen LogP contribution in [-0.4, -0.2) is 16.8 Å². The number of carbonyl (C=O) groups is 1. The van der Waals surface area contributed by atoms with Crippen molar-refractivity contribution in [1.29, 1.82) is 0 Å². The van der Waals surface area contributed by atoms with Crippen LogP contribution in [0.15, 0.2) is 24.3 Å². The molecule has 0 bridgehead atoms. The number of ketones is 1. The largest absolute Gasteiger partial charge is 0.369 e. The Labute approximate surface area is 94.9 Å². The Hall–Kier alpha value is -1.77. The lowest BCUT2D eigenvalue weighted by atomic mass is 10.1. The first-order chi connectivity index (χ1) is 7.59. The van der Waals surface area contributed by atoms with Crippen molar-refractivity contribution in [2.75, 3.05) is 5.32 Å². The topological polar surface area (TPSA) is 44.9 Å². The molecule has 0 radical (unpaired) electrons. The summed E-state index contributed by atoms with van der Waals surface area (Å²) >= 11 is 0. The summed E-state index contributed by atoms with van der Waals surface area (Å²) in [6.45, 7) is 5.70. The summed E-state index contributed by atoms with van der Waals surface area (Å²) in [5.41, 5.74) is 1.75. The number of fused-ring (bicyclic) bond motifs is 1. The van der Waals surface area contributed by atoms with Crippen LogP contribution in [-0.2, 0) is 0 Å². The lowest BCUT2D eigenvalue weighted by Gasteiger charge is -2.09. The third-order valence-corrected chi connectivity index (χ3v) is 2.49. The molecule has 1 aromatic carbocycles. The minimum Gasteiger partial charge on any atom is -0.369 e. The summed E-state index contributed by atoms with van der Waals surface area (Å²) in [5.74, 6) is 0.907. The third-order valence-electron chi connectivity index (χ3n) is 2.49. The molecule has 1 aromatic heterocycles. The maximum absolute atomic E-state index is 11.7. The van der Waals surface area contributed by atoms with Crippen LogP contribution in [0.4, 0.5) is 5.82 Å². The Morgan fingerprint density at radius 1 is 1.31 bits per heavy atom. The summed E-state index contributed by atoms with van der Waals surface area (Å²) in [6.07, 6.45) is 0. The smallest absolute Gasteiger partial charge is 0.164 e. The summed E-state index contributed by atoms with van der Waals surface area (Å²) in [7, 11) is 0. The van der Waals surface area contributed by atoms with E-state index in [1.165, 1.54) is 0 Å². The van der Waals surface area contributed by atoms with E-state index in [9.17, 15) is 4.79 Å². The number of anilines is 1. The minimum absolute atomic E-state index is 0.0839. The highest BCUT2D eigenvalue weighted by atomic mass is 16.1. The summed E-state index contributed by atoms with van der Waals surface area (Å²) in [6, 6.07) is 8.15. The Morgan fingerprint density at radius 2 is 2.00 bits per heavy atom. The normalized spacial score (nSPS) is 11.0. The molecule has 0 saturated carbocycles. The molecule has 0 atom stereocenters. The zero-order chi connectivity index (χ0) is 11.7. The number of aromatic nitrogens is 1. The first kappa shape index (κ1) is 10.7. The molecule has 84 valence electrons. The molecule has 2 N–H and O–H groups in total. The molecule has 0 spiro atoms. The van der Waals surface area contributed by atoms with Gasteiger partial charge in [0.25, 0.3) is 0 Å². The molecule has 0 saturated heterocycles. The van der Waals surface area contributed by atoms with Gasteiger partial charge in [0.15, 0.2) is 5.78 Å². The lowest BCUT2D eigenvalue weighted by Crippen LogP contribution is -2.12. The molecule has 0 aliphatic rings. The van der Waals surface area contributed by atoms with Crippen LogP contribution in [0.25, 0.3) is 10.9 Å². The predicted octanol–water partition coefficient (Wildman–Crippen LogP) is 3.19. The van der Waals surface area contributed by atoms with Gasteiger partial charge < -0.3 is 10.3 Å².